The molecule has 116 valence electrons. The summed E-state index contributed by atoms with van der Waals surface area (Å²) in [6.45, 7) is 3.98. The molecule has 0 saturated heterocycles. The molecule has 8 heteroatoms. The van der Waals surface area contributed by atoms with Crippen LogP contribution in [-0.4, -0.2) is 35.4 Å². The highest BCUT2D eigenvalue weighted by atomic mass is 32.1. The Bertz CT molecular complexity index is 527. The number of nitrogens with zero attached hydrogens (tertiary/aromatic N) is 1. The SMILES string of the molecule is CCNC(=O)C(C)NC(=O)c1sc(NC2CCC2)nc1N. The maximum Gasteiger partial charge on any atom is 0.265 e. The quantitative estimate of drug-likeness (QED) is 0.625. The van der Waals surface area contributed by atoms with Gasteiger partial charge in [-0.3, -0.25) is 9.59 Å². The molecule has 1 aromatic heterocycles. The summed E-state index contributed by atoms with van der Waals surface area (Å²) in [6.07, 6.45) is 3.46. The van der Waals surface area contributed by atoms with Crippen molar-refractivity contribution in [3.63, 3.8) is 0 Å². The number of nitrogen functional groups attached to an aromatic ring is 1. The number of rotatable bonds is 6. The van der Waals surface area contributed by atoms with E-state index >= 15 is 0 Å². The Kier molecular flexibility index (Phi) is 5.00. The number of anilines is 2. The number of hydrogen-bond donors (Lipinski definition) is 4. The molecule has 2 rings (SSSR count). The van der Waals surface area contributed by atoms with Crippen molar-refractivity contribution in [1.29, 1.82) is 0 Å². The van der Waals surface area contributed by atoms with Crippen molar-refractivity contribution in [2.45, 2.75) is 45.2 Å². The molecule has 0 aliphatic heterocycles. The summed E-state index contributed by atoms with van der Waals surface area (Å²) in [7, 11) is 0. The number of likely N-dealkylation sites (N-methyl/N-ethyl adjacent to an activating group) is 1. The molecule has 0 bridgehead atoms. The van der Waals surface area contributed by atoms with Gasteiger partial charge in [0.1, 0.15) is 16.7 Å². The summed E-state index contributed by atoms with van der Waals surface area (Å²) >= 11 is 1.22. The number of carbonyl (C=O) groups is 2. The molecule has 21 heavy (non-hydrogen) atoms. The zero-order valence-electron chi connectivity index (χ0n) is 12.2. The van der Waals surface area contributed by atoms with E-state index in [0.717, 1.165) is 12.8 Å². The van der Waals surface area contributed by atoms with Crippen molar-refractivity contribution in [1.82, 2.24) is 15.6 Å². The standard InChI is InChI=1S/C13H21N5O2S/c1-3-15-11(19)7(2)16-12(20)9-10(14)18-13(21-9)17-8-5-4-6-8/h7-8H,3-6,14H2,1-2H3,(H,15,19)(H,16,20)(H,17,18). The molecule has 5 N–H and O–H groups in total. The first-order valence-electron chi connectivity index (χ1n) is 7.12. The van der Waals surface area contributed by atoms with E-state index in [1.165, 1.54) is 17.8 Å². The molecule has 1 heterocycles. The van der Waals surface area contributed by atoms with E-state index in [0.29, 0.717) is 22.6 Å². The highest BCUT2D eigenvalue weighted by molar-refractivity contribution is 7.18. The van der Waals surface area contributed by atoms with Gasteiger partial charge in [0.05, 0.1) is 0 Å². The number of carbonyl (C=O) groups excluding carboxylic acids is 2. The molecular weight excluding hydrogens is 290 g/mol. The predicted molar refractivity (Wildman–Crippen MR) is 83.4 cm³/mol. The second-order valence-corrected chi connectivity index (χ2v) is 6.09. The van der Waals surface area contributed by atoms with Crippen LogP contribution < -0.4 is 21.7 Å². The third-order valence-corrected chi connectivity index (χ3v) is 4.39. The Balaban J connectivity index is 1.96. The Hall–Kier alpha value is -1.83. The fourth-order valence-corrected chi connectivity index (χ4v) is 2.80. The summed E-state index contributed by atoms with van der Waals surface area (Å²) in [4.78, 5) is 28.3. The molecule has 1 aromatic rings. The smallest absolute Gasteiger partial charge is 0.265 e. The first-order valence-corrected chi connectivity index (χ1v) is 7.94. The summed E-state index contributed by atoms with van der Waals surface area (Å²) in [6, 6.07) is -0.178. The fraction of sp³-hybridized carbons (Fsp3) is 0.615. The van der Waals surface area contributed by atoms with Crippen molar-refractivity contribution in [2.24, 2.45) is 0 Å². The second-order valence-electron chi connectivity index (χ2n) is 5.10. The van der Waals surface area contributed by atoms with Crippen LogP contribution in [0.1, 0.15) is 42.8 Å². The van der Waals surface area contributed by atoms with Crippen molar-refractivity contribution >= 4 is 34.1 Å². The number of nitrogens with two attached hydrogens (primary N) is 1. The van der Waals surface area contributed by atoms with E-state index in [1.807, 2.05) is 6.92 Å². The average molecular weight is 311 g/mol. The highest BCUT2D eigenvalue weighted by Crippen LogP contribution is 2.29. The van der Waals surface area contributed by atoms with Crippen LogP contribution in [0.15, 0.2) is 0 Å². The lowest BCUT2D eigenvalue weighted by Gasteiger charge is -2.25. The van der Waals surface area contributed by atoms with Gasteiger partial charge in [0.2, 0.25) is 5.91 Å². The zero-order valence-corrected chi connectivity index (χ0v) is 13.0. The van der Waals surface area contributed by atoms with Gasteiger partial charge in [0, 0.05) is 12.6 Å². The van der Waals surface area contributed by atoms with Crippen LogP contribution in [0.5, 0.6) is 0 Å². The lowest BCUT2D eigenvalue weighted by molar-refractivity contribution is -0.122. The minimum absolute atomic E-state index is 0.197. The van der Waals surface area contributed by atoms with Gasteiger partial charge in [0.15, 0.2) is 5.13 Å². The number of aromatic nitrogens is 1. The average Bonchev–Trinajstić information content (AvgIpc) is 2.75. The first-order chi connectivity index (χ1) is 10.0. The van der Waals surface area contributed by atoms with Crippen molar-refractivity contribution in [3.05, 3.63) is 4.88 Å². The molecule has 0 spiro atoms. The van der Waals surface area contributed by atoms with Crippen LogP contribution in [0, 0.1) is 0 Å². The minimum Gasteiger partial charge on any atom is -0.382 e. The second kappa shape index (κ2) is 6.75. The van der Waals surface area contributed by atoms with E-state index in [4.69, 9.17) is 5.73 Å². The largest absolute Gasteiger partial charge is 0.382 e. The maximum atomic E-state index is 12.1. The van der Waals surface area contributed by atoms with Gasteiger partial charge in [-0.2, -0.15) is 0 Å². The molecular formula is C13H21N5O2S. The van der Waals surface area contributed by atoms with Crippen molar-refractivity contribution < 1.29 is 9.59 Å². The molecule has 7 nitrogen and oxygen atoms in total. The molecule has 1 atom stereocenters. The monoisotopic (exact) mass is 311 g/mol. The van der Waals surface area contributed by atoms with Gasteiger partial charge in [-0.05, 0) is 33.1 Å². The molecule has 0 radical (unpaired) electrons. The zero-order chi connectivity index (χ0) is 15.4. The number of nitrogens with one attached hydrogen (secondary N) is 3. The van der Waals surface area contributed by atoms with Gasteiger partial charge >= 0.3 is 0 Å². The molecule has 1 aliphatic carbocycles. The Morgan fingerprint density at radius 3 is 2.76 bits per heavy atom. The van der Waals surface area contributed by atoms with Crippen molar-refractivity contribution in [3.8, 4) is 0 Å². The van der Waals surface area contributed by atoms with E-state index in [1.54, 1.807) is 6.92 Å². The van der Waals surface area contributed by atoms with Crippen LogP contribution in [0.4, 0.5) is 10.9 Å². The minimum atomic E-state index is -0.609. The molecule has 2 amide bonds. The molecule has 1 aliphatic rings. The molecule has 1 unspecified atom stereocenters. The van der Waals surface area contributed by atoms with Crippen LogP contribution >= 0.6 is 11.3 Å². The first kappa shape index (κ1) is 15.6. The van der Waals surface area contributed by atoms with E-state index in [-0.39, 0.29) is 17.6 Å². The molecule has 0 aromatic carbocycles. The highest BCUT2D eigenvalue weighted by Gasteiger charge is 2.23. The van der Waals surface area contributed by atoms with Gasteiger partial charge in [-0.15, -0.1) is 0 Å². The number of thiazole rings is 1. The Morgan fingerprint density at radius 2 is 2.19 bits per heavy atom. The lowest BCUT2D eigenvalue weighted by atomic mass is 9.93. The third-order valence-electron chi connectivity index (χ3n) is 3.38. The third kappa shape index (κ3) is 3.84. The van der Waals surface area contributed by atoms with E-state index in [9.17, 15) is 9.59 Å². The van der Waals surface area contributed by atoms with Gasteiger partial charge < -0.3 is 21.7 Å². The fourth-order valence-electron chi connectivity index (χ4n) is 1.94. The number of amides is 2. The van der Waals surface area contributed by atoms with Gasteiger partial charge in [-0.25, -0.2) is 4.98 Å². The lowest BCUT2D eigenvalue weighted by Crippen LogP contribution is -2.44. The normalized spacial score (nSPS) is 15.9. The predicted octanol–water partition coefficient (Wildman–Crippen LogP) is 0.944. The van der Waals surface area contributed by atoms with Gasteiger partial charge in [0.25, 0.3) is 5.91 Å². The summed E-state index contributed by atoms with van der Waals surface area (Å²) in [5.74, 6) is -0.394. The Morgan fingerprint density at radius 1 is 1.48 bits per heavy atom. The van der Waals surface area contributed by atoms with Crippen LogP contribution in [0.2, 0.25) is 0 Å². The van der Waals surface area contributed by atoms with Crippen LogP contribution in [-0.2, 0) is 4.79 Å². The molecule has 1 saturated carbocycles. The summed E-state index contributed by atoms with van der Waals surface area (Å²) in [5.41, 5.74) is 5.79. The van der Waals surface area contributed by atoms with Crippen LogP contribution in [0.25, 0.3) is 0 Å². The number of hydrogen-bond acceptors (Lipinski definition) is 6. The summed E-state index contributed by atoms with van der Waals surface area (Å²) in [5, 5.41) is 9.20. The van der Waals surface area contributed by atoms with Crippen LogP contribution in [0.3, 0.4) is 0 Å². The Labute approximate surface area is 127 Å². The van der Waals surface area contributed by atoms with E-state index in [2.05, 4.69) is 20.9 Å². The molecule has 1 fully saturated rings. The topological polar surface area (TPSA) is 109 Å². The maximum absolute atomic E-state index is 12.1. The van der Waals surface area contributed by atoms with Gasteiger partial charge in [-0.1, -0.05) is 11.3 Å². The summed E-state index contributed by atoms with van der Waals surface area (Å²) < 4.78 is 0. The van der Waals surface area contributed by atoms with E-state index < -0.39 is 6.04 Å². The van der Waals surface area contributed by atoms with Crippen molar-refractivity contribution in [2.75, 3.05) is 17.6 Å².